The van der Waals surface area contributed by atoms with E-state index in [1.165, 1.54) is 51.9 Å². The molecule has 1 heterocycles. The van der Waals surface area contributed by atoms with Gasteiger partial charge in [0.15, 0.2) is 0 Å². The Morgan fingerprint density at radius 2 is 1.95 bits per heavy atom. The molecule has 20 heavy (non-hydrogen) atoms. The smallest absolute Gasteiger partial charge is 0.0220 e. The summed E-state index contributed by atoms with van der Waals surface area (Å²) >= 11 is 0. The molecular formula is C17H37N3. The molecule has 1 N–H and O–H groups in total. The fourth-order valence-electron chi connectivity index (χ4n) is 3.24. The van der Waals surface area contributed by atoms with Crippen molar-refractivity contribution in [2.45, 2.75) is 59.4 Å². The first-order valence-corrected chi connectivity index (χ1v) is 8.68. The molecule has 0 aromatic carbocycles. The van der Waals surface area contributed by atoms with Crippen LogP contribution in [-0.2, 0) is 0 Å². The minimum Gasteiger partial charge on any atom is -0.316 e. The Morgan fingerprint density at radius 1 is 1.20 bits per heavy atom. The highest BCUT2D eigenvalue weighted by atomic mass is 15.2. The van der Waals surface area contributed by atoms with E-state index in [-0.39, 0.29) is 0 Å². The number of hydrogen-bond acceptors (Lipinski definition) is 3. The Balaban J connectivity index is 2.60. The first-order chi connectivity index (χ1) is 9.54. The zero-order valence-corrected chi connectivity index (χ0v) is 14.5. The second kappa shape index (κ2) is 9.01. The zero-order valence-electron chi connectivity index (χ0n) is 14.5. The van der Waals surface area contributed by atoms with Crippen LogP contribution in [0.3, 0.4) is 0 Å². The molecule has 0 radical (unpaired) electrons. The Kier molecular flexibility index (Phi) is 8.08. The highest BCUT2D eigenvalue weighted by Crippen LogP contribution is 2.25. The number of rotatable bonds is 8. The maximum absolute atomic E-state index is 3.64. The van der Waals surface area contributed by atoms with Crippen molar-refractivity contribution in [1.82, 2.24) is 15.1 Å². The molecule has 1 aliphatic rings. The highest BCUT2D eigenvalue weighted by Gasteiger charge is 2.29. The topological polar surface area (TPSA) is 18.5 Å². The van der Waals surface area contributed by atoms with Crippen LogP contribution in [0.2, 0.25) is 0 Å². The van der Waals surface area contributed by atoms with Crippen LogP contribution in [0, 0.1) is 5.41 Å². The normalized spacial score (nSPS) is 25.4. The van der Waals surface area contributed by atoms with Crippen molar-refractivity contribution in [3.05, 3.63) is 0 Å². The maximum atomic E-state index is 3.64. The van der Waals surface area contributed by atoms with Crippen LogP contribution in [0.25, 0.3) is 0 Å². The lowest BCUT2D eigenvalue weighted by molar-refractivity contribution is 0.110. The molecule has 0 bridgehead atoms. The zero-order chi connectivity index (χ0) is 15.0. The van der Waals surface area contributed by atoms with Crippen LogP contribution in [0.1, 0.15) is 53.4 Å². The van der Waals surface area contributed by atoms with Crippen LogP contribution in [0.15, 0.2) is 0 Å². The predicted octanol–water partition coefficient (Wildman–Crippen LogP) is 2.82. The minimum atomic E-state index is 0.408. The summed E-state index contributed by atoms with van der Waals surface area (Å²) in [6.07, 6.45) is 5.07. The van der Waals surface area contributed by atoms with Crippen molar-refractivity contribution < 1.29 is 0 Å². The maximum Gasteiger partial charge on any atom is 0.0220 e. The molecule has 3 nitrogen and oxygen atoms in total. The standard InChI is InChI=1S/C17H37N3/c1-6-10-18-14-17(4,8-3)15-20-12-9-11-19(5)13-16(20)7-2/h16,18H,6-15H2,1-5H3. The van der Waals surface area contributed by atoms with Gasteiger partial charge in [-0.15, -0.1) is 0 Å². The average Bonchev–Trinajstić information content (AvgIpc) is 2.60. The van der Waals surface area contributed by atoms with Crippen LogP contribution in [0.4, 0.5) is 0 Å². The second-order valence-electron chi connectivity index (χ2n) is 6.99. The van der Waals surface area contributed by atoms with E-state index in [4.69, 9.17) is 0 Å². The van der Waals surface area contributed by atoms with Gasteiger partial charge >= 0.3 is 0 Å². The van der Waals surface area contributed by atoms with Crippen molar-refractivity contribution >= 4 is 0 Å². The molecule has 2 atom stereocenters. The van der Waals surface area contributed by atoms with E-state index in [9.17, 15) is 0 Å². The Labute approximate surface area is 127 Å². The summed E-state index contributed by atoms with van der Waals surface area (Å²) in [5.41, 5.74) is 0.408. The molecule has 0 aliphatic carbocycles. The molecule has 3 heteroatoms. The second-order valence-corrected chi connectivity index (χ2v) is 6.99. The van der Waals surface area contributed by atoms with Gasteiger partial charge in [-0.1, -0.05) is 27.7 Å². The summed E-state index contributed by atoms with van der Waals surface area (Å²) in [6.45, 7) is 16.7. The summed E-state index contributed by atoms with van der Waals surface area (Å²) < 4.78 is 0. The van der Waals surface area contributed by atoms with Gasteiger partial charge in [0.05, 0.1) is 0 Å². The molecule has 1 aliphatic heterocycles. The van der Waals surface area contributed by atoms with Crippen LogP contribution >= 0.6 is 0 Å². The molecule has 120 valence electrons. The van der Waals surface area contributed by atoms with Crippen molar-refractivity contribution in [3.63, 3.8) is 0 Å². The Morgan fingerprint density at radius 3 is 2.55 bits per heavy atom. The van der Waals surface area contributed by atoms with Gasteiger partial charge in [0, 0.05) is 25.7 Å². The number of nitrogens with one attached hydrogen (secondary N) is 1. The third-order valence-electron chi connectivity index (χ3n) is 4.91. The number of nitrogens with zero attached hydrogens (tertiary/aromatic N) is 2. The van der Waals surface area contributed by atoms with Gasteiger partial charge in [0.25, 0.3) is 0 Å². The van der Waals surface area contributed by atoms with Gasteiger partial charge < -0.3 is 10.2 Å². The van der Waals surface area contributed by atoms with Gasteiger partial charge in [-0.2, -0.15) is 0 Å². The lowest BCUT2D eigenvalue weighted by atomic mass is 9.86. The lowest BCUT2D eigenvalue weighted by Crippen LogP contribution is -2.48. The van der Waals surface area contributed by atoms with Crippen LogP contribution in [0.5, 0.6) is 0 Å². The molecule has 0 aromatic rings. The molecule has 2 unspecified atom stereocenters. The molecule has 0 spiro atoms. The van der Waals surface area contributed by atoms with E-state index in [2.05, 4.69) is 49.9 Å². The molecule has 0 aromatic heterocycles. The highest BCUT2D eigenvalue weighted by molar-refractivity contribution is 4.85. The quantitative estimate of drug-likeness (QED) is 0.691. The van der Waals surface area contributed by atoms with E-state index >= 15 is 0 Å². The Hall–Kier alpha value is -0.120. The summed E-state index contributed by atoms with van der Waals surface area (Å²) in [5.74, 6) is 0. The molecular weight excluding hydrogens is 246 g/mol. The van der Waals surface area contributed by atoms with E-state index in [0.717, 1.165) is 19.1 Å². The van der Waals surface area contributed by atoms with E-state index in [1.54, 1.807) is 0 Å². The third kappa shape index (κ3) is 5.71. The predicted molar refractivity (Wildman–Crippen MR) is 89.3 cm³/mol. The Bertz CT molecular complexity index is 257. The molecule has 0 amide bonds. The molecule has 0 saturated carbocycles. The number of hydrogen-bond donors (Lipinski definition) is 1. The first kappa shape index (κ1) is 17.9. The summed E-state index contributed by atoms with van der Waals surface area (Å²) in [6, 6.07) is 0.736. The van der Waals surface area contributed by atoms with Crippen molar-refractivity contribution in [1.29, 1.82) is 0 Å². The van der Waals surface area contributed by atoms with Gasteiger partial charge in [-0.3, -0.25) is 4.90 Å². The van der Waals surface area contributed by atoms with Gasteiger partial charge in [-0.05, 0) is 57.8 Å². The fourth-order valence-corrected chi connectivity index (χ4v) is 3.24. The van der Waals surface area contributed by atoms with Crippen molar-refractivity contribution in [2.24, 2.45) is 5.41 Å². The lowest BCUT2D eigenvalue weighted by Gasteiger charge is -2.38. The van der Waals surface area contributed by atoms with E-state index in [1.807, 2.05) is 0 Å². The molecule has 1 rings (SSSR count). The summed E-state index contributed by atoms with van der Waals surface area (Å²) in [7, 11) is 2.27. The first-order valence-electron chi connectivity index (χ1n) is 8.68. The van der Waals surface area contributed by atoms with Crippen molar-refractivity contribution in [3.8, 4) is 0 Å². The van der Waals surface area contributed by atoms with E-state index in [0.29, 0.717) is 5.41 Å². The van der Waals surface area contributed by atoms with Crippen molar-refractivity contribution in [2.75, 3.05) is 46.3 Å². The summed E-state index contributed by atoms with van der Waals surface area (Å²) in [5, 5.41) is 3.64. The number of likely N-dealkylation sites (N-methyl/N-ethyl adjacent to an activating group) is 1. The van der Waals surface area contributed by atoms with Crippen LogP contribution in [-0.4, -0.2) is 62.2 Å². The minimum absolute atomic E-state index is 0.408. The monoisotopic (exact) mass is 283 g/mol. The largest absolute Gasteiger partial charge is 0.316 e. The van der Waals surface area contributed by atoms with E-state index < -0.39 is 0 Å². The van der Waals surface area contributed by atoms with Gasteiger partial charge in [0.2, 0.25) is 0 Å². The summed E-state index contributed by atoms with van der Waals surface area (Å²) in [4.78, 5) is 5.27. The average molecular weight is 284 g/mol. The fraction of sp³-hybridized carbons (Fsp3) is 1.00. The van der Waals surface area contributed by atoms with Gasteiger partial charge in [-0.25, -0.2) is 0 Å². The van der Waals surface area contributed by atoms with Gasteiger partial charge in [0.1, 0.15) is 0 Å². The molecule has 1 fully saturated rings. The van der Waals surface area contributed by atoms with Crippen LogP contribution < -0.4 is 5.32 Å². The SMILES string of the molecule is CCCNCC(C)(CC)CN1CCCN(C)CC1CC. The third-order valence-corrected chi connectivity index (χ3v) is 4.91. The molecule has 1 saturated heterocycles.